The van der Waals surface area contributed by atoms with Crippen molar-refractivity contribution in [2.45, 2.75) is 19.9 Å². The minimum Gasteiger partial charge on any atom is -0.397 e. The highest BCUT2D eigenvalue weighted by Crippen LogP contribution is 2.17. The lowest BCUT2D eigenvalue weighted by Crippen LogP contribution is -2.27. The number of aryl methyl sites for hydroxylation is 1. The van der Waals surface area contributed by atoms with E-state index in [0.29, 0.717) is 11.4 Å². The fraction of sp³-hybridized carbons (Fsp3) is 0.200. The number of anilines is 1. The van der Waals surface area contributed by atoms with Crippen LogP contribution in [-0.4, -0.2) is 10.9 Å². The number of carbonyl (C=O) groups is 1. The van der Waals surface area contributed by atoms with Gasteiger partial charge in [-0.15, -0.1) is 0 Å². The fourth-order valence-electron chi connectivity index (χ4n) is 1.96. The molecule has 0 aliphatic heterocycles. The first-order valence-electron chi connectivity index (χ1n) is 6.16. The van der Waals surface area contributed by atoms with Crippen LogP contribution in [-0.2, 0) is 0 Å². The summed E-state index contributed by atoms with van der Waals surface area (Å²) >= 11 is 0. The van der Waals surface area contributed by atoms with Gasteiger partial charge in [-0.05, 0) is 37.1 Å². The van der Waals surface area contributed by atoms with Crippen LogP contribution in [0, 0.1) is 6.92 Å². The molecule has 1 aromatic carbocycles. The van der Waals surface area contributed by atoms with Crippen molar-refractivity contribution in [2.75, 3.05) is 5.73 Å². The summed E-state index contributed by atoms with van der Waals surface area (Å²) in [4.78, 5) is 16.0. The molecule has 4 nitrogen and oxygen atoms in total. The first-order chi connectivity index (χ1) is 9.08. The first-order valence-corrected chi connectivity index (χ1v) is 6.16. The molecule has 1 aromatic heterocycles. The smallest absolute Gasteiger partial charge is 0.270 e. The predicted molar refractivity (Wildman–Crippen MR) is 75.7 cm³/mol. The number of benzene rings is 1. The van der Waals surface area contributed by atoms with Crippen molar-refractivity contribution in [1.82, 2.24) is 10.3 Å². The number of nitrogen functional groups attached to an aromatic ring is 1. The second-order valence-electron chi connectivity index (χ2n) is 4.53. The molecule has 0 unspecified atom stereocenters. The molecule has 3 N–H and O–H groups in total. The lowest BCUT2D eigenvalue weighted by molar-refractivity contribution is 0.0935. The molecule has 0 saturated carbocycles. The van der Waals surface area contributed by atoms with Gasteiger partial charge in [0, 0.05) is 0 Å². The van der Waals surface area contributed by atoms with Gasteiger partial charge in [-0.3, -0.25) is 4.79 Å². The number of carbonyl (C=O) groups excluding carboxylic acids is 1. The second kappa shape index (κ2) is 5.52. The van der Waals surface area contributed by atoms with E-state index >= 15 is 0 Å². The highest BCUT2D eigenvalue weighted by molar-refractivity contribution is 5.92. The summed E-state index contributed by atoms with van der Waals surface area (Å²) in [6.45, 7) is 3.98. The third-order valence-electron chi connectivity index (χ3n) is 3.02. The van der Waals surface area contributed by atoms with E-state index in [1.807, 2.05) is 38.1 Å². The van der Waals surface area contributed by atoms with Crippen molar-refractivity contribution in [3.8, 4) is 0 Å². The Morgan fingerprint density at radius 1 is 1.26 bits per heavy atom. The van der Waals surface area contributed by atoms with E-state index in [-0.39, 0.29) is 11.9 Å². The number of pyridine rings is 1. The maximum Gasteiger partial charge on any atom is 0.270 e. The highest BCUT2D eigenvalue weighted by Gasteiger charge is 2.13. The highest BCUT2D eigenvalue weighted by atomic mass is 16.1. The van der Waals surface area contributed by atoms with Gasteiger partial charge in [0.1, 0.15) is 5.69 Å². The van der Waals surface area contributed by atoms with Gasteiger partial charge in [0.15, 0.2) is 0 Å². The number of hydrogen-bond donors (Lipinski definition) is 2. The number of hydrogen-bond acceptors (Lipinski definition) is 3. The number of amides is 1. The van der Waals surface area contributed by atoms with Crippen LogP contribution >= 0.6 is 0 Å². The maximum absolute atomic E-state index is 12.0. The van der Waals surface area contributed by atoms with Gasteiger partial charge in [-0.2, -0.15) is 0 Å². The normalized spacial score (nSPS) is 11.9. The standard InChI is InChI=1S/C15H17N3O/c1-10-5-3-4-6-13(10)11(2)18-15(19)14-8-7-12(16)9-17-14/h3-9,11H,16H2,1-2H3,(H,18,19)/t11-/m0/s1. The zero-order valence-electron chi connectivity index (χ0n) is 11.1. The molecule has 0 saturated heterocycles. The molecule has 0 bridgehead atoms. The van der Waals surface area contributed by atoms with Gasteiger partial charge in [-0.1, -0.05) is 24.3 Å². The van der Waals surface area contributed by atoms with E-state index in [0.717, 1.165) is 11.1 Å². The van der Waals surface area contributed by atoms with Crippen LogP contribution in [0.4, 0.5) is 5.69 Å². The molecule has 1 heterocycles. The van der Waals surface area contributed by atoms with Crippen molar-refractivity contribution in [1.29, 1.82) is 0 Å². The van der Waals surface area contributed by atoms with Crippen LogP contribution in [0.1, 0.15) is 34.6 Å². The number of nitrogens with two attached hydrogens (primary N) is 1. The SMILES string of the molecule is Cc1ccccc1[C@H](C)NC(=O)c1ccc(N)cn1. The minimum atomic E-state index is -0.198. The summed E-state index contributed by atoms with van der Waals surface area (Å²) in [5, 5.41) is 2.93. The zero-order valence-corrected chi connectivity index (χ0v) is 11.1. The Kier molecular flexibility index (Phi) is 3.80. The number of nitrogens with one attached hydrogen (secondary N) is 1. The van der Waals surface area contributed by atoms with Crippen LogP contribution in [0.2, 0.25) is 0 Å². The van der Waals surface area contributed by atoms with Crippen LogP contribution in [0.15, 0.2) is 42.6 Å². The van der Waals surface area contributed by atoms with Gasteiger partial charge in [-0.25, -0.2) is 4.98 Å². The molecule has 1 amide bonds. The topological polar surface area (TPSA) is 68.0 Å². The van der Waals surface area contributed by atoms with Crippen LogP contribution < -0.4 is 11.1 Å². The van der Waals surface area contributed by atoms with Crippen molar-refractivity contribution in [2.24, 2.45) is 0 Å². The van der Waals surface area contributed by atoms with Crippen molar-refractivity contribution < 1.29 is 4.79 Å². The molecule has 0 aliphatic carbocycles. The summed E-state index contributed by atoms with van der Waals surface area (Å²) in [5.74, 6) is -0.198. The maximum atomic E-state index is 12.0. The molecule has 0 spiro atoms. The van der Waals surface area contributed by atoms with Crippen molar-refractivity contribution >= 4 is 11.6 Å². The fourth-order valence-corrected chi connectivity index (χ4v) is 1.96. The van der Waals surface area contributed by atoms with Crippen LogP contribution in [0.5, 0.6) is 0 Å². The lowest BCUT2D eigenvalue weighted by atomic mass is 10.0. The Balaban J connectivity index is 2.11. The van der Waals surface area contributed by atoms with Crippen LogP contribution in [0.25, 0.3) is 0 Å². The largest absolute Gasteiger partial charge is 0.397 e. The summed E-state index contributed by atoms with van der Waals surface area (Å²) in [7, 11) is 0. The molecule has 19 heavy (non-hydrogen) atoms. The van der Waals surface area contributed by atoms with Gasteiger partial charge in [0.2, 0.25) is 0 Å². The predicted octanol–water partition coefficient (Wildman–Crippen LogP) is 2.46. The number of nitrogens with zero attached hydrogens (tertiary/aromatic N) is 1. The number of rotatable bonds is 3. The molecule has 2 rings (SSSR count). The quantitative estimate of drug-likeness (QED) is 0.885. The van der Waals surface area contributed by atoms with Crippen molar-refractivity contribution in [3.05, 3.63) is 59.4 Å². The molecule has 1 atom stereocenters. The summed E-state index contributed by atoms with van der Waals surface area (Å²) < 4.78 is 0. The third-order valence-corrected chi connectivity index (χ3v) is 3.02. The summed E-state index contributed by atoms with van der Waals surface area (Å²) in [5.41, 5.74) is 8.72. The Bertz CT molecular complexity index is 578. The zero-order chi connectivity index (χ0) is 13.8. The van der Waals surface area contributed by atoms with Crippen molar-refractivity contribution in [3.63, 3.8) is 0 Å². The van der Waals surface area contributed by atoms with Crippen LogP contribution in [0.3, 0.4) is 0 Å². The molecular weight excluding hydrogens is 238 g/mol. The van der Waals surface area contributed by atoms with E-state index in [2.05, 4.69) is 10.3 Å². The van der Waals surface area contributed by atoms with Gasteiger partial charge in [0.25, 0.3) is 5.91 Å². The lowest BCUT2D eigenvalue weighted by Gasteiger charge is -2.16. The average molecular weight is 255 g/mol. The minimum absolute atomic E-state index is 0.0620. The Hall–Kier alpha value is -2.36. The monoisotopic (exact) mass is 255 g/mol. The second-order valence-corrected chi connectivity index (χ2v) is 4.53. The van der Waals surface area contributed by atoms with E-state index in [9.17, 15) is 4.79 Å². The Labute approximate surface area is 112 Å². The molecule has 0 radical (unpaired) electrons. The summed E-state index contributed by atoms with van der Waals surface area (Å²) in [6.07, 6.45) is 1.48. The van der Waals surface area contributed by atoms with E-state index in [4.69, 9.17) is 5.73 Å². The Morgan fingerprint density at radius 2 is 2.00 bits per heavy atom. The molecule has 2 aromatic rings. The third kappa shape index (κ3) is 3.10. The van der Waals surface area contributed by atoms with Gasteiger partial charge >= 0.3 is 0 Å². The summed E-state index contributed by atoms with van der Waals surface area (Å²) in [6, 6.07) is 11.2. The van der Waals surface area contributed by atoms with E-state index in [1.165, 1.54) is 6.20 Å². The molecular formula is C15H17N3O. The number of aromatic nitrogens is 1. The van der Waals surface area contributed by atoms with Gasteiger partial charge < -0.3 is 11.1 Å². The molecule has 0 fully saturated rings. The molecule has 0 aliphatic rings. The molecule has 4 heteroatoms. The van der Waals surface area contributed by atoms with E-state index in [1.54, 1.807) is 12.1 Å². The Morgan fingerprint density at radius 3 is 2.63 bits per heavy atom. The van der Waals surface area contributed by atoms with Gasteiger partial charge in [0.05, 0.1) is 17.9 Å². The van der Waals surface area contributed by atoms with E-state index < -0.39 is 0 Å². The average Bonchev–Trinajstić information content (AvgIpc) is 2.39. The molecule has 98 valence electrons. The first kappa shape index (κ1) is 13.1.